The van der Waals surface area contributed by atoms with Gasteiger partial charge in [0.1, 0.15) is 6.54 Å². The summed E-state index contributed by atoms with van der Waals surface area (Å²) in [6.07, 6.45) is 0.913. The number of carbonyl (C=O) groups is 1. The van der Waals surface area contributed by atoms with Gasteiger partial charge in [0.25, 0.3) is 0 Å². The summed E-state index contributed by atoms with van der Waals surface area (Å²) in [5, 5.41) is 13.8. The average Bonchev–Trinajstić information content (AvgIpc) is 2.97. The number of carbonyl (C=O) groups excluding carboxylic acids is 1. The maximum Gasteiger partial charge on any atom is 0.246 e. The second kappa shape index (κ2) is 10.8. The number of amides is 1. The van der Waals surface area contributed by atoms with Gasteiger partial charge in [-0.05, 0) is 57.9 Å². The highest BCUT2D eigenvalue weighted by Gasteiger charge is 2.06. The summed E-state index contributed by atoms with van der Waals surface area (Å²) < 4.78 is 2.93. The minimum atomic E-state index is -0.152. The highest BCUT2D eigenvalue weighted by Crippen LogP contribution is 2.20. The number of aliphatic imine (C=N–C) groups is 1. The maximum absolute atomic E-state index is 12.2. The molecule has 0 aliphatic heterocycles. The van der Waals surface area contributed by atoms with Gasteiger partial charge in [-0.25, -0.2) is 4.99 Å². The van der Waals surface area contributed by atoms with Gasteiger partial charge in [-0.3, -0.25) is 9.48 Å². The molecule has 1 aromatic carbocycles. The van der Waals surface area contributed by atoms with Gasteiger partial charge in [-0.15, -0.1) is 0 Å². The van der Waals surface area contributed by atoms with E-state index in [4.69, 9.17) is 0 Å². The lowest BCUT2D eigenvalue weighted by atomic mass is 10.2. The predicted octanol–water partition coefficient (Wildman–Crippen LogP) is 3.15. The molecular weight excluding hydrogens is 420 g/mol. The zero-order chi connectivity index (χ0) is 20.5. The predicted molar refractivity (Wildman–Crippen MR) is 118 cm³/mol. The standard InChI is InChI=1S/C20H29BrN6O/c1-5-22-20(23-9-6-10-27-16(4)11-15(3)26-27)24-13-19(28)25-18-12-17(21)8-7-14(18)2/h7-8,11-12H,5-6,9-10,13H2,1-4H3,(H,25,28)(H2,22,23,24). The monoisotopic (exact) mass is 448 g/mol. The third-order valence-corrected chi connectivity index (χ3v) is 4.63. The second-order valence-electron chi connectivity index (χ2n) is 6.63. The molecule has 1 heterocycles. The van der Waals surface area contributed by atoms with Crippen LogP contribution in [0.15, 0.2) is 33.7 Å². The molecule has 0 unspecified atom stereocenters. The molecule has 0 aliphatic carbocycles. The van der Waals surface area contributed by atoms with E-state index in [9.17, 15) is 4.79 Å². The quantitative estimate of drug-likeness (QED) is 0.329. The van der Waals surface area contributed by atoms with Gasteiger partial charge in [0.15, 0.2) is 5.96 Å². The van der Waals surface area contributed by atoms with Crippen molar-refractivity contribution >= 4 is 33.5 Å². The fourth-order valence-corrected chi connectivity index (χ4v) is 3.11. The van der Waals surface area contributed by atoms with Crippen LogP contribution in [-0.2, 0) is 11.3 Å². The molecule has 0 aliphatic rings. The summed E-state index contributed by atoms with van der Waals surface area (Å²) >= 11 is 3.42. The van der Waals surface area contributed by atoms with E-state index < -0.39 is 0 Å². The van der Waals surface area contributed by atoms with Crippen molar-refractivity contribution in [1.82, 2.24) is 20.4 Å². The maximum atomic E-state index is 12.2. The van der Waals surface area contributed by atoms with Crippen molar-refractivity contribution in [2.24, 2.45) is 4.99 Å². The van der Waals surface area contributed by atoms with E-state index in [-0.39, 0.29) is 12.5 Å². The molecule has 152 valence electrons. The first-order valence-electron chi connectivity index (χ1n) is 9.48. The zero-order valence-electron chi connectivity index (χ0n) is 17.0. The van der Waals surface area contributed by atoms with E-state index in [2.05, 4.69) is 55.0 Å². The Morgan fingerprint density at radius 3 is 2.68 bits per heavy atom. The number of nitrogens with zero attached hydrogens (tertiary/aromatic N) is 3. The fourth-order valence-electron chi connectivity index (χ4n) is 2.75. The van der Waals surface area contributed by atoms with E-state index in [1.165, 1.54) is 0 Å². The molecule has 3 N–H and O–H groups in total. The largest absolute Gasteiger partial charge is 0.357 e. The molecule has 8 heteroatoms. The Balaban J connectivity index is 1.82. The first-order valence-corrected chi connectivity index (χ1v) is 10.3. The van der Waals surface area contributed by atoms with Crippen LogP contribution in [0.3, 0.4) is 0 Å². The molecule has 1 aromatic heterocycles. The number of guanidine groups is 1. The first kappa shape index (κ1) is 21.9. The Morgan fingerprint density at radius 1 is 1.21 bits per heavy atom. The molecule has 0 radical (unpaired) electrons. The van der Waals surface area contributed by atoms with Gasteiger partial charge in [0, 0.05) is 35.5 Å². The van der Waals surface area contributed by atoms with E-state index in [1.807, 2.05) is 43.7 Å². The SMILES string of the molecule is CCNC(=NCC(=O)Nc1cc(Br)ccc1C)NCCCn1nc(C)cc1C. The van der Waals surface area contributed by atoms with Crippen LogP contribution < -0.4 is 16.0 Å². The Kier molecular flexibility index (Phi) is 8.50. The molecule has 0 fully saturated rings. The first-order chi connectivity index (χ1) is 13.4. The molecule has 1 amide bonds. The molecular formula is C20H29BrN6O. The number of aromatic nitrogens is 2. The van der Waals surface area contributed by atoms with E-state index >= 15 is 0 Å². The van der Waals surface area contributed by atoms with Crippen molar-refractivity contribution in [3.05, 3.63) is 45.7 Å². The Hall–Kier alpha value is -2.35. The highest BCUT2D eigenvalue weighted by molar-refractivity contribution is 9.10. The number of hydrogen-bond acceptors (Lipinski definition) is 3. The molecule has 0 spiro atoms. The molecule has 0 saturated heterocycles. The molecule has 2 rings (SSSR count). The number of halogens is 1. The summed E-state index contributed by atoms with van der Waals surface area (Å²) in [5.41, 5.74) is 4.00. The van der Waals surface area contributed by atoms with Gasteiger partial charge < -0.3 is 16.0 Å². The Labute approximate surface area is 175 Å². The van der Waals surface area contributed by atoms with Crippen LogP contribution in [0.4, 0.5) is 5.69 Å². The van der Waals surface area contributed by atoms with Gasteiger partial charge in [-0.1, -0.05) is 22.0 Å². The highest BCUT2D eigenvalue weighted by atomic mass is 79.9. The molecule has 0 saturated carbocycles. The zero-order valence-corrected chi connectivity index (χ0v) is 18.6. The lowest BCUT2D eigenvalue weighted by molar-refractivity contribution is -0.114. The number of hydrogen-bond donors (Lipinski definition) is 3. The van der Waals surface area contributed by atoms with E-state index in [0.717, 1.165) is 53.2 Å². The van der Waals surface area contributed by atoms with E-state index in [0.29, 0.717) is 5.96 Å². The summed E-state index contributed by atoms with van der Waals surface area (Å²) in [4.78, 5) is 16.6. The second-order valence-corrected chi connectivity index (χ2v) is 7.55. The summed E-state index contributed by atoms with van der Waals surface area (Å²) in [7, 11) is 0. The molecule has 2 aromatic rings. The van der Waals surface area contributed by atoms with E-state index in [1.54, 1.807) is 0 Å². The minimum absolute atomic E-state index is 0.0543. The van der Waals surface area contributed by atoms with Crippen LogP contribution in [0.25, 0.3) is 0 Å². The van der Waals surface area contributed by atoms with Gasteiger partial charge >= 0.3 is 0 Å². The Morgan fingerprint density at radius 2 is 2.00 bits per heavy atom. The normalized spacial score (nSPS) is 11.4. The third kappa shape index (κ3) is 6.99. The van der Waals surface area contributed by atoms with Crippen molar-refractivity contribution in [3.63, 3.8) is 0 Å². The smallest absolute Gasteiger partial charge is 0.246 e. The van der Waals surface area contributed by atoms with Crippen LogP contribution >= 0.6 is 15.9 Å². The van der Waals surface area contributed by atoms with Crippen molar-refractivity contribution in [2.75, 3.05) is 25.0 Å². The molecule has 28 heavy (non-hydrogen) atoms. The van der Waals surface area contributed by atoms with Crippen LogP contribution in [0.1, 0.15) is 30.3 Å². The summed E-state index contributed by atoms with van der Waals surface area (Å²) in [6, 6.07) is 7.86. The van der Waals surface area contributed by atoms with Gasteiger partial charge in [0.05, 0.1) is 5.69 Å². The Bertz CT molecular complexity index is 830. The van der Waals surface area contributed by atoms with Crippen molar-refractivity contribution in [3.8, 4) is 0 Å². The number of nitrogens with one attached hydrogen (secondary N) is 3. The minimum Gasteiger partial charge on any atom is -0.357 e. The lowest BCUT2D eigenvalue weighted by Gasteiger charge is -2.12. The van der Waals surface area contributed by atoms with Crippen molar-refractivity contribution < 1.29 is 4.79 Å². The van der Waals surface area contributed by atoms with Crippen LogP contribution in [0, 0.1) is 20.8 Å². The van der Waals surface area contributed by atoms with Crippen LogP contribution in [0.5, 0.6) is 0 Å². The number of anilines is 1. The average molecular weight is 449 g/mol. The fraction of sp³-hybridized carbons (Fsp3) is 0.450. The van der Waals surface area contributed by atoms with Crippen molar-refractivity contribution in [2.45, 2.75) is 40.7 Å². The van der Waals surface area contributed by atoms with Crippen LogP contribution in [0.2, 0.25) is 0 Å². The lowest BCUT2D eigenvalue weighted by Crippen LogP contribution is -2.38. The van der Waals surface area contributed by atoms with Crippen LogP contribution in [-0.4, -0.2) is 41.3 Å². The third-order valence-electron chi connectivity index (χ3n) is 4.14. The van der Waals surface area contributed by atoms with Gasteiger partial charge in [-0.2, -0.15) is 5.10 Å². The number of benzene rings is 1. The molecule has 0 bridgehead atoms. The van der Waals surface area contributed by atoms with Gasteiger partial charge in [0.2, 0.25) is 5.91 Å². The van der Waals surface area contributed by atoms with Crippen molar-refractivity contribution in [1.29, 1.82) is 0 Å². The summed E-state index contributed by atoms with van der Waals surface area (Å²) in [5.74, 6) is 0.484. The molecule has 7 nitrogen and oxygen atoms in total. The number of rotatable bonds is 8. The summed E-state index contributed by atoms with van der Waals surface area (Å²) in [6.45, 7) is 10.4. The molecule has 0 atom stereocenters. The number of aryl methyl sites for hydroxylation is 4. The topological polar surface area (TPSA) is 83.3 Å².